The molecule has 1 N–H and O–H groups in total. The summed E-state index contributed by atoms with van der Waals surface area (Å²) in [4.78, 5) is 28.2. The van der Waals surface area contributed by atoms with Crippen LogP contribution in [0, 0.1) is 6.92 Å². The van der Waals surface area contributed by atoms with E-state index in [9.17, 15) is 14.7 Å². The number of aliphatic hydroxyl groups is 1. The molecule has 0 spiro atoms. The second kappa shape index (κ2) is 8.31. The van der Waals surface area contributed by atoms with E-state index in [2.05, 4.69) is 20.8 Å². The van der Waals surface area contributed by atoms with Gasteiger partial charge in [0.1, 0.15) is 5.76 Å². The summed E-state index contributed by atoms with van der Waals surface area (Å²) >= 11 is 0. The van der Waals surface area contributed by atoms with Crippen molar-refractivity contribution in [1.82, 2.24) is 0 Å². The number of ether oxygens (including phenoxy) is 2. The number of benzene rings is 3. The Morgan fingerprint density at radius 1 is 0.914 bits per heavy atom. The van der Waals surface area contributed by atoms with Gasteiger partial charge in [0.2, 0.25) is 6.79 Å². The number of carbonyl (C=O) groups is 2. The fraction of sp³-hybridized carbons (Fsp3) is 0.241. The van der Waals surface area contributed by atoms with Crippen LogP contribution < -0.4 is 14.4 Å². The van der Waals surface area contributed by atoms with E-state index in [1.165, 1.54) is 4.90 Å². The van der Waals surface area contributed by atoms with E-state index in [-0.39, 0.29) is 23.5 Å². The Kier molecular flexibility index (Phi) is 5.39. The molecule has 1 fully saturated rings. The van der Waals surface area contributed by atoms with Crippen LogP contribution in [0.1, 0.15) is 49.1 Å². The fourth-order valence-electron chi connectivity index (χ4n) is 4.48. The zero-order chi connectivity index (χ0) is 24.9. The fourth-order valence-corrected chi connectivity index (χ4v) is 4.48. The summed E-state index contributed by atoms with van der Waals surface area (Å²) in [5, 5.41) is 11.3. The topological polar surface area (TPSA) is 76.1 Å². The highest BCUT2D eigenvalue weighted by Crippen LogP contribution is 2.45. The summed E-state index contributed by atoms with van der Waals surface area (Å²) in [5.41, 5.74) is 3.85. The maximum Gasteiger partial charge on any atom is 0.300 e. The van der Waals surface area contributed by atoms with Gasteiger partial charge in [0.25, 0.3) is 11.7 Å². The number of hydrogen-bond donors (Lipinski definition) is 1. The zero-order valence-corrected chi connectivity index (χ0v) is 20.2. The molecule has 1 saturated heterocycles. The summed E-state index contributed by atoms with van der Waals surface area (Å²) in [6.07, 6.45) is 0. The number of ketones is 1. The Labute approximate surface area is 204 Å². The molecule has 2 aliphatic heterocycles. The molecule has 35 heavy (non-hydrogen) atoms. The van der Waals surface area contributed by atoms with Crippen LogP contribution in [0.15, 0.2) is 72.3 Å². The number of aryl methyl sites for hydroxylation is 1. The van der Waals surface area contributed by atoms with Gasteiger partial charge in [0.05, 0.1) is 11.6 Å². The molecule has 0 radical (unpaired) electrons. The Bertz CT molecular complexity index is 1350. The van der Waals surface area contributed by atoms with Crippen LogP contribution in [0.3, 0.4) is 0 Å². The number of rotatable bonds is 3. The van der Waals surface area contributed by atoms with Crippen molar-refractivity contribution in [3.8, 4) is 11.5 Å². The highest BCUT2D eigenvalue weighted by atomic mass is 16.7. The number of Topliss-reactive ketones (excluding diaryl/α,β-unsaturated/α-hetero) is 1. The smallest absolute Gasteiger partial charge is 0.300 e. The monoisotopic (exact) mass is 469 g/mol. The minimum atomic E-state index is -0.800. The number of carbonyl (C=O) groups excluding carboxylic acids is 2. The number of anilines is 1. The number of fused-ring (bicyclic) bond motifs is 1. The highest BCUT2D eigenvalue weighted by molar-refractivity contribution is 6.51. The molecule has 0 saturated carbocycles. The summed E-state index contributed by atoms with van der Waals surface area (Å²) in [6, 6.07) is 19.4. The van der Waals surface area contributed by atoms with E-state index in [0.29, 0.717) is 22.7 Å². The molecule has 1 unspecified atom stereocenters. The Balaban J connectivity index is 1.69. The van der Waals surface area contributed by atoms with Crippen LogP contribution in [-0.4, -0.2) is 23.6 Å². The minimum Gasteiger partial charge on any atom is -0.507 e. The predicted molar refractivity (Wildman–Crippen MR) is 134 cm³/mol. The van der Waals surface area contributed by atoms with Crippen LogP contribution in [0.4, 0.5) is 5.69 Å². The van der Waals surface area contributed by atoms with E-state index >= 15 is 0 Å². The molecule has 2 aliphatic rings. The van der Waals surface area contributed by atoms with Gasteiger partial charge in [-0.3, -0.25) is 14.5 Å². The Morgan fingerprint density at radius 2 is 1.57 bits per heavy atom. The van der Waals surface area contributed by atoms with Gasteiger partial charge >= 0.3 is 0 Å². The lowest BCUT2D eigenvalue weighted by Gasteiger charge is -2.26. The predicted octanol–water partition coefficient (Wildman–Crippen LogP) is 5.65. The number of aliphatic hydroxyl groups excluding tert-OH is 1. The van der Waals surface area contributed by atoms with Crippen LogP contribution in [0.5, 0.6) is 11.5 Å². The Hall–Kier alpha value is -4.06. The van der Waals surface area contributed by atoms with Crippen LogP contribution in [0.2, 0.25) is 0 Å². The van der Waals surface area contributed by atoms with E-state index in [1.54, 1.807) is 30.3 Å². The molecule has 0 aromatic heterocycles. The van der Waals surface area contributed by atoms with Crippen LogP contribution >= 0.6 is 0 Å². The molecule has 6 heteroatoms. The molecule has 178 valence electrons. The van der Waals surface area contributed by atoms with Crippen molar-refractivity contribution in [2.24, 2.45) is 0 Å². The maximum absolute atomic E-state index is 13.4. The SMILES string of the molecule is Cc1ccc(/C(O)=C2\C(=O)C(=O)N(c3ccc4c(c3)OCO4)C2c2ccc(C(C)(C)C)cc2)cc1. The lowest BCUT2D eigenvalue weighted by molar-refractivity contribution is -0.132. The lowest BCUT2D eigenvalue weighted by Crippen LogP contribution is -2.29. The Morgan fingerprint density at radius 3 is 2.23 bits per heavy atom. The summed E-state index contributed by atoms with van der Waals surface area (Å²) in [6.45, 7) is 8.41. The number of nitrogens with zero attached hydrogens (tertiary/aromatic N) is 1. The molecule has 0 bridgehead atoms. The van der Waals surface area contributed by atoms with Crippen molar-refractivity contribution < 1.29 is 24.2 Å². The standard InChI is InChI=1S/C29H27NO5/c1-17-5-7-19(8-6-17)26(31)24-25(18-9-11-20(12-10-18)29(2,3)4)30(28(33)27(24)32)21-13-14-22-23(15-21)35-16-34-22/h5-15,25,31H,16H2,1-4H3/b26-24+. The normalized spacial score (nSPS) is 18.9. The van der Waals surface area contributed by atoms with Crippen LogP contribution in [-0.2, 0) is 15.0 Å². The molecule has 1 atom stereocenters. The quantitative estimate of drug-likeness (QED) is 0.305. The second-order valence-electron chi connectivity index (χ2n) is 9.94. The highest BCUT2D eigenvalue weighted by Gasteiger charge is 2.47. The molecular formula is C29H27NO5. The average molecular weight is 470 g/mol. The van der Waals surface area contributed by atoms with Gasteiger partial charge in [-0.2, -0.15) is 0 Å². The van der Waals surface area contributed by atoms with Crippen molar-refractivity contribution in [2.45, 2.75) is 39.2 Å². The van der Waals surface area contributed by atoms with Gasteiger partial charge in [0, 0.05) is 17.3 Å². The maximum atomic E-state index is 13.4. The van der Waals surface area contributed by atoms with Crippen LogP contribution in [0.25, 0.3) is 5.76 Å². The van der Waals surface area contributed by atoms with Gasteiger partial charge < -0.3 is 14.6 Å². The molecule has 0 aliphatic carbocycles. The zero-order valence-electron chi connectivity index (χ0n) is 20.2. The third-order valence-electron chi connectivity index (χ3n) is 6.50. The van der Waals surface area contributed by atoms with Gasteiger partial charge in [-0.1, -0.05) is 74.9 Å². The van der Waals surface area contributed by atoms with Crippen molar-refractivity contribution in [3.63, 3.8) is 0 Å². The van der Waals surface area contributed by atoms with Gasteiger partial charge in [-0.05, 0) is 35.6 Å². The molecule has 2 heterocycles. The van der Waals surface area contributed by atoms with Crippen molar-refractivity contribution in [3.05, 3.63) is 94.6 Å². The molecule has 3 aromatic carbocycles. The summed E-state index contributed by atoms with van der Waals surface area (Å²) < 4.78 is 10.9. The lowest BCUT2D eigenvalue weighted by atomic mass is 9.85. The largest absolute Gasteiger partial charge is 0.507 e. The van der Waals surface area contributed by atoms with Gasteiger partial charge in [-0.15, -0.1) is 0 Å². The first-order chi connectivity index (χ1) is 16.6. The first kappa shape index (κ1) is 22.7. The molecule has 3 aromatic rings. The first-order valence-corrected chi connectivity index (χ1v) is 11.5. The molecule has 6 nitrogen and oxygen atoms in total. The van der Waals surface area contributed by atoms with E-state index in [0.717, 1.165) is 16.7 Å². The van der Waals surface area contributed by atoms with Gasteiger partial charge in [-0.25, -0.2) is 0 Å². The third-order valence-corrected chi connectivity index (χ3v) is 6.50. The average Bonchev–Trinajstić information content (AvgIpc) is 3.40. The summed E-state index contributed by atoms with van der Waals surface area (Å²) in [5.74, 6) is -0.551. The second-order valence-corrected chi connectivity index (χ2v) is 9.94. The third kappa shape index (κ3) is 3.95. The van der Waals surface area contributed by atoms with Gasteiger partial charge in [0.15, 0.2) is 11.5 Å². The molecule has 5 rings (SSSR count). The molecular weight excluding hydrogens is 442 g/mol. The number of amides is 1. The van der Waals surface area contributed by atoms with E-state index in [4.69, 9.17) is 9.47 Å². The molecule has 1 amide bonds. The van der Waals surface area contributed by atoms with E-state index < -0.39 is 17.7 Å². The minimum absolute atomic E-state index is 0.0556. The van der Waals surface area contributed by atoms with Crippen molar-refractivity contribution >= 4 is 23.1 Å². The number of hydrogen-bond acceptors (Lipinski definition) is 5. The first-order valence-electron chi connectivity index (χ1n) is 11.5. The van der Waals surface area contributed by atoms with Crippen molar-refractivity contribution in [1.29, 1.82) is 0 Å². The van der Waals surface area contributed by atoms with E-state index in [1.807, 2.05) is 43.3 Å². The summed E-state index contributed by atoms with van der Waals surface area (Å²) in [7, 11) is 0. The van der Waals surface area contributed by atoms with Crippen molar-refractivity contribution in [2.75, 3.05) is 11.7 Å².